The van der Waals surface area contributed by atoms with Gasteiger partial charge in [0.1, 0.15) is 5.82 Å². The van der Waals surface area contributed by atoms with Crippen LogP contribution < -0.4 is 0 Å². The monoisotopic (exact) mass is 190 g/mol. The Balaban J connectivity index is 1.98. The summed E-state index contributed by atoms with van der Waals surface area (Å²) in [5.41, 5.74) is 0.556. The van der Waals surface area contributed by atoms with Crippen LogP contribution in [0.2, 0.25) is 0 Å². The van der Waals surface area contributed by atoms with Gasteiger partial charge in [-0.3, -0.25) is 4.79 Å². The van der Waals surface area contributed by atoms with Crippen molar-refractivity contribution in [3.05, 3.63) is 23.8 Å². The molecule has 74 valence electrons. The van der Waals surface area contributed by atoms with Crippen LogP contribution >= 0.6 is 0 Å². The Morgan fingerprint density at radius 2 is 1.93 bits per heavy atom. The van der Waals surface area contributed by atoms with E-state index in [9.17, 15) is 4.79 Å². The maximum atomic E-state index is 10.4. The average molecular weight is 190 g/mol. The predicted octanol–water partition coefficient (Wildman–Crippen LogP) is 2.02. The molecule has 2 rings (SSSR count). The molecular formula is C11H14N2O. The normalized spacial score (nSPS) is 17.1. The standard InChI is InChI=1S/C11H14N2O/c14-8-10-6-12-11(13-7-10)5-9-3-1-2-4-9/h6-9H,1-5H2. The number of hydrogen-bond acceptors (Lipinski definition) is 3. The molecule has 3 heteroatoms. The van der Waals surface area contributed by atoms with Gasteiger partial charge in [-0.05, 0) is 5.92 Å². The fourth-order valence-corrected chi connectivity index (χ4v) is 2.00. The lowest BCUT2D eigenvalue weighted by molar-refractivity contribution is 0.112. The smallest absolute Gasteiger partial charge is 0.153 e. The highest BCUT2D eigenvalue weighted by molar-refractivity contribution is 5.73. The Morgan fingerprint density at radius 1 is 1.29 bits per heavy atom. The molecule has 0 aromatic carbocycles. The van der Waals surface area contributed by atoms with Crippen LogP contribution in [0, 0.1) is 5.92 Å². The van der Waals surface area contributed by atoms with Crippen molar-refractivity contribution in [2.75, 3.05) is 0 Å². The molecule has 0 N–H and O–H groups in total. The maximum Gasteiger partial charge on any atom is 0.153 e. The van der Waals surface area contributed by atoms with Crippen molar-refractivity contribution in [2.45, 2.75) is 32.1 Å². The Hall–Kier alpha value is -1.25. The minimum atomic E-state index is 0.556. The molecule has 0 atom stereocenters. The number of carbonyl (C=O) groups is 1. The second kappa shape index (κ2) is 4.31. The molecule has 1 aromatic heterocycles. The highest BCUT2D eigenvalue weighted by Crippen LogP contribution is 2.26. The van der Waals surface area contributed by atoms with Crippen LogP contribution in [0.4, 0.5) is 0 Å². The third-order valence-electron chi connectivity index (χ3n) is 2.81. The van der Waals surface area contributed by atoms with Crippen molar-refractivity contribution in [3.8, 4) is 0 Å². The highest BCUT2D eigenvalue weighted by atomic mass is 16.1. The van der Waals surface area contributed by atoms with Gasteiger partial charge in [0.15, 0.2) is 6.29 Å². The Morgan fingerprint density at radius 3 is 2.50 bits per heavy atom. The van der Waals surface area contributed by atoms with E-state index in [0.29, 0.717) is 5.56 Å². The molecule has 1 heterocycles. The van der Waals surface area contributed by atoms with E-state index in [4.69, 9.17) is 0 Å². The molecule has 1 aliphatic carbocycles. The summed E-state index contributed by atoms with van der Waals surface area (Å²) in [5.74, 6) is 1.64. The van der Waals surface area contributed by atoms with Gasteiger partial charge in [-0.15, -0.1) is 0 Å². The zero-order chi connectivity index (χ0) is 9.80. The van der Waals surface area contributed by atoms with E-state index in [0.717, 1.165) is 24.4 Å². The summed E-state index contributed by atoms with van der Waals surface area (Å²) in [6.07, 6.45) is 10.2. The van der Waals surface area contributed by atoms with Crippen LogP contribution in [0.25, 0.3) is 0 Å². The zero-order valence-electron chi connectivity index (χ0n) is 8.15. The van der Waals surface area contributed by atoms with Gasteiger partial charge in [0.05, 0.1) is 5.56 Å². The van der Waals surface area contributed by atoms with Gasteiger partial charge in [0, 0.05) is 18.8 Å². The van der Waals surface area contributed by atoms with Gasteiger partial charge in [-0.25, -0.2) is 9.97 Å². The third-order valence-corrected chi connectivity index (χ3v) is 2.81. The minimum absolute atomic E-state index is 0.556. The lowest BCUT2D eigenvalue weighted by atomic mass is 10.0. The summed E-state index contributed by atoms with van der Waals surface area (Å²) in [5, 5.41) is 0. The summed E-state index contributed by atoms with van der Waals surface area (Å²) in [4.78, 5) is 18.7. The van der Waals surface area contributed by atoms with Gasteiger partial charge < -0.3 is 0 Å². The highest BCUT2D eigenvalue weighted by Gasteiger charge is 2.16. The van der Waals surface area contributed by atoms with Crippen LogP contribution in [0.1, 0.15) is 41.9 Å². The van der Waals surface area contributed by atoms with Gasteiger partial charge >= 0.3 is 0 Å². The Labute approximate surface area is 83.6 Å². The van der Waals surface area contributed by atoms with Crippen molar-refractivity contribution < 1.29 is 4.79 Å². The first kappa shape index (κ1) is 9.31. The van der Waals surface area contributed by atoms with E-state index >= 15 is 0 Å². The van der Waals surface area contributed by atoms with Crippen molar-refractivity contribution in [1.82, 2.24) is 9.97 Å². The third kappa shape index (κ3) is 2.16. The first-order valence-electron chi connectivity index (χ1n) is 5.14. The summed E-state index contributed by atoms with van der Waals surface area (Å²) >= 11 is 0. The van der Waals surface area contributed by atoms with Gasteiger partial charge in [-0.2, -0.15) is 0 Å². The fraction of sp³-hybridized carbons (Fsp3) is 0.545. The average Bonchev–Trinajstić information content (AvgIpc) is 2.72. The van der Waals surface area contributed by atoms with Crippen molar-refractivity contribution in [3.63, 3.8) is 0 Å². The molecule has 0 bridgehead atoms. The second-order valence-corrected chi connectivity index (χ2v) is 3.91. The number of aromatic nitrogens is 2. The summed E-state index contributed by atoms with van der Waals surface area (Å²) in [6, 6.07) is 0. The summed E-state index contributed by atoms with van der Waals surface area (Å²) in [7, 11) is 0. The van der Waals surface area contributed by atoms with E-state index in [1.807, 2.05) is 0 Å². The SMILES string of the molecule is O=Cc1cnc(CC2CCCC2)nc1. The van der Waals surface area contributed by atoms with Gasteiger partial charge in [0.2, 0.25) is 0 Å². The summed E-state index contributed by atoms with van der Waals surface area (Å²) in [6.45, 7) is 0. The van der Waals surface area contributed by atoms with E-state index in [-0.39, 0.29) is 0 Å². The number of carbonyl (C=O) groups excluding carboxylic acids is 1. The molecule has 0 spiro atoms. The van der Waals surface area contributed by atoms with E-state index in [1.54, 1.807) is 12.4 Å². The van der Waals surface area contributed by atoms with Gasteiger partial charge in [-0.1, -0.05) is 25.7 Å². The first-order chi connectivity index (χ1) is 6.88. The van der Waals surface area contributed by atoms with Crippen molar-refractivity contribution in [1.29, 1.82) is 0 Å². The van der Waals surface area contributed by atoms with E-state index in [1.165, 1.54) is 25.7 Å². The topological polar surface area (TPSA) is 42.9 Å². The molecule has 1 saturated carbocycles. The minimum Gasteiger partial charge on any atom is -0.298 e. The summed E-state index contributed by atoms with van der Waals surface area (Å²) < 4.78 is 0. The van der Waals surface area contributed by atoms with Crippen molar-refractivity contribution in [2.24, 2.45) is 5.92 Å². The molecule has 3 nitrogen and oxygen atoms in total. The molecule has 14 heavy (non-hydrogen) atoms. The largest absolute Gasteiger partial charge is 0.298 e. The second-order valence-electron chi connectivity index (χ2n) is 3.91. The molecule has 1 fully saturated rings. The molecule has 0 amide bonds. The lowest BCUT2D eigenvalue weighted by Gasteiger charge is -2.06. The predicted molar refractivity (Wildman–Crippen MR) is 53.1 cm³/mol. The molecule has 1 aromatic rings. The van der Waals surface area contributed by atoms with E-state index < -0.39 is 0 Å². The molecule has 0 saturated heterocycles. The van der Waals surface area contributed by atoms with Crippen LogP contribution in [-0.2, 0) is 6.42 Å². The first-order valence-corrected chi connectivity index (χ1v) is 5.14. The number of nitrogens with zero attached hydrogens (tertiary/aromatic N) is 2. The fourth-order valence-electron chi connectivity index (χ4n) is 2.00. The van der Waals surface area contributed by atoms with Gasteiger partial charge in [0.25, 0.3) is 0 Å². The molecular weight excluding hydrogens is 176 g/mol. The lowest BCUT2D eigenvalue weighted by Crippen LogP contribution is -2.03. The Bertz CT molecular complexity index is 302. The molecule has 0 radical (unpaired) electrons. The molecule has 0 unspecified atom stereocenters. The molecule has 0 aliphatic heterocycles. The van der Waals surface area contributed by atoms with Crippen LogP contribution in [-0.4, -0.2) is 16.3 Å². The zero-order valence-corrected chi connectivity index (χ0v) is 8.15. The number of rotatable bonds is 3. The van der Waals surface area contributed by atoms with E-state index in [2.05, 4.69) is 9.97 Å². The molecule has 1 aliphatic rings. The quantitative estimate of drug-likeness (QED) is 0.685. The van der Waals surface area contributed by atoms with Crippen LogP contribution in [0.5, 0.6) is 0 Å². The van der Waals surface area contributed by atoms with Crippen LogP contribution in [0.15, 0.2) is 12.4 Å². The number of aldehydes is 1. The Kier molecular flexibility index (Phi) is 2.87. The maximum absolute atomic E-state index is 10.4. The van der Waals surface area contributed by atoms with Crippen LogP contribution in [0.3, 0.4) is 0 Å². The number of hydrogen-bond donors (Lipinski definition) is 0. The van der Waals surface area contributed by atoms with Crippen molar-refractivity contribution >= 4 is 6.29 Å².